The Bertz CT molecular complexity index is 524. The molecule has 2 N–H and O–H groups in total. The third-order valence-corrected chi connectivity index (χ3v) is 11.4. The molecule has 0 fully saturated rings. The zero-order valence-electron chi connectivity index (χ0n) is 26.2. The maximum atomic E-state index is 11.5. The van der Waals surface area contributed by atoms with Crippen LogP contribution in [0, 0.1) is 11.8 Å². The molecule has 36 heavy (non-hydrogen) atoms. The number of likely N-dealkylation sites (N-methyl/N-ethyl adjacent to an activating group) is 1. The minimum Gasteiger partial charge on any atom is -0.463 e. The van der Waals surface area contributed by atoms with Gasteiger partial charge in [0.15, 0.2) is 16.6 Å². The summed E-state index contributed by atoms with van der Waals surface area (Å²) in [6.07, 6.45) is 0.429. The fourth-order valence-corrected chi connectivity index (χ4v) is 7.98. The van der Waals surface area contributed by atoms with Crippen LogP contribution in [0.4, 0.5) is 0 Å². The molecule has 0 rings (SSSR count). The molecule has 0 aromatic rings. The maximum absolute atomic E-state index is 11.5. The summed E-state index contributed by atoms with van der Waals surface area (Å²) in [7, 11) is 6.51. The van der Waals surface area contributed by atoms with Crippen LogP contribution in [0.3, 0.4) is 0 Å². The second-order valence-electron chi connectivity index (χ2n) is 10.8. The van der Waals surface area contributed by atoms with Gasteiger partial charge in [-0.15, -0.1) is 0 Å². The molecule has 0 aromatic carbocycles. The van der Waals surface area contributed by atoms with Crippen LogP contribution in [-0.2, 0) is 23.1 Å². The molecule has 0 amide bonds. The zero-order valence-corrected chi connectivity index (χ0v) is 32.2. The minimum atomic E-state index is -1.51. The number of carbonyl (C=O) groups is 1. The van der Waals surface area contributed by atoms with Crippen molar-refractivity contribution in [2.45, 2.75) is 58.5 Å². The van der Waals surface area contributed by atoms with Gasteiger partial charge in [0.25, 0.3) is 0 Å². The Morgan fingerprint density at radius 1 is 0.806 bits per heavy atom. The summed E-state index contributed by atoms with van der Waals surface area (Å²) in [6, 6.07) is 2.35. The Kier molecular flexibility index (Phi) is 31.8. The molecule has 12 heteroatoms. The van der Waals surface area contributed by atoms with Crippen LogP contribution in [-0.4, -0.2) is 114 Å². The fraction of sp³-hybridized carbons (Fsp3) is 0.958. The van der Waals surface area contributed by atoms with E-state index >= 15 is 0 Å². The number of hydrogen-bond donors (Lipinski definition) is 1. The monoisotopic (exact) mass is 569 g/mol. The Hall–Kier alpha value is 1.66. The molecule has 0 aromatic heterocycles. The normalized spacial score (nSPS) is 13.3. The first-order chi connectivity index (χ1) is 15.7. The van der Waals surface area contributed by atoms with Crippen molar-refractivity contribution in [2.75, 3.05) is 81.4 Å². The van der Waals surface area contributed by atoms with Crippen LogP contribution in [0.2, 0.25) is 38.3 Å². The average Bonchev–Trinajstić information content (AvgIpc) is 2.72. The molecular weight excluding hydrogens is 512 g/mol. The predicted molar refractivity (Wildman–Crippen MR) is 148 cm³/mol. The van der Waals surface area contributed by atoms with Crippen molar-refractivity contribution >= 4 is 22.6 Å². The molecule has 2 atom stereocenters. The van der Waals surface area contributed by atoms with E-state index in [0.717, 1.165) is 38.8 Å². The van der Waals surface area contributed by atoms with Gasteiger partial charge in [0.2, 0.25) is 0 Å². The Labute approximate surface area is 269 Å². The van der Waals surface area contributed by atoms with Crippen LogP contribution < -0.4 is 64.8 Å². The zero-order chi connectivity index (χ0) is 26.8. The summed E-state index contributed by atoms with van der Waals surface area (Å²) in [5, 5.41) is 0. The molecular formula is C24H57N3Na2O5Si2+2. The van der Waals surface area contributed by atoms with E-state index in [4.69, 9.17) is 24.1 Å². The van der Waals surface area contributed by atoms with Gasteiger partial charge in [-0.3, -0.25) is 4.79 Å². The average molecular weight is 570 g/mol. The van der Waals surface area contributed by atoms with Gasteiger partial charge >= 0.3 is 65.1 Å². The van der Waals surface area contributed by atoms with E-state index in [2.05, 4.69) is 56.9 Å². The Balaban J connectivity index is -0.000000285. The first kappa shape index (κ1) is 44.7. The van der Waals surface area contributed by atoms with Gasteiger partial charge in [0.05, 0.1) is 13.0 Å². The van der Waals surface area contributed by atoms with Crippen LogP contribution in [0.1, 0.15) is 20.3 Å². The van der Waals surface area contributed by atoms with E-state index in [1.165, 1.54) is 6.04 Å². The standard InChI is InChI=1S/C14H31NO4Si.C10H26N2OSi.2Na/c1-13(12-20(5,6)18-4)11-15(2)8-7-14(16)19-10-9-17-3;1-10(8-12(2)7-6-11)9-14(4,5)13-3;;/h13H,7-12H2,1-6H3;10H,6-9,11H2,1-5H3;;/q;;2*+1. The number of carbonyl (C=O) groups excluding carboxylic acids is 1. The van der Waals surface area contributed by atoms with Gasteiger partial charge in [0.1, 0.15) is 6.61 Å². The number of nitrogens with two attached hydrogens (primary N) is 1. The summed E-state index contributed by atoms with van der Waals surface area (Å²) in [5.74, 6) is 1.12. The van der Waals surface area contributed by atoms with Crippen molar-refractivity contribution in [1.29, 1.82) is 0 Å². The quantitative estimate of drug-likeness (QED) is 0.109. The second kappa shape index (κ2) is 25.6. The maximum Gasteiger partial charge on any atom is 1.00 e. The number of ether oxygens (including phenoxy) is 2. The summed E-state index contributed by atoms with van der Waals surface area (Å²) in [4.78, 5) is 15.9. The number of hydrogen-bond acceptors (Lipinski definition) is 8. The molecule has 0 bridgehead atoms. The molecule has 0 aliphatic rings. The number of nitrogens with zero attached hydrogens (tertiary/aromatic N) is 2. The van der Waals surface area contributed by atoms with Crippen molar-refractivity contribution in [1.82, 2.24) is 9.80 Å². The van der Waals surface area contributed by atoms with Gasteiger partial charge in [0, 0.05) is 54.1 Å². The largest absolute Gasteiger partial charge is 1.00 e. The number of methoxy groups -OCH3 is 1. The van der Waals surface area contributed by atoms with Crippen molar-refractivity contribution in [3.63, 3.8) is 0 Å². The fourth-order valence-electron chi connectivity index (χ4n) is 4.03. The Morgan fingerprint density at radius 3 is 1.58 bits per heavy atom. The van der Waals surface area contributed by atoms with Crippen molar-refractivity contribution in [3.05, 3.63) is 0 Å². The molecule has 206 valence electrons. The minimum absolute atomic E-state index is 0. The third kappa shape index (κ3) is 28.7. The molecule has 0 radical (unpaired) electrons. The molecule has 2 unspecified atom stereocenters. The van der Waals surface area contributed by atoms with E-state index in [1.807, 2.05) is 14.2 Å². The third-order valence-electron chi connectivity index (χ3n) is 5.79. The number of esters is 1. The molecule has 0 aliphatic carbocycles. The van der Waals surface area contributed by atoms with Gasteiger partial charge in [-0.1, -0.05) is 13.8 Å². The van der Waals surface area contributed by atoms with E-state index in [1.54, 1.807) is 14.2 Å². The van der Waals surface area contributed by atoms with Crippen LogP contribution in [0.5, 0.6) is 0 Å². The first-order valence-corrected chi connectivity index (χ1v) is 18.8. The summed E-state index contributed by atoms with van der Waals surface area (Å²) in [6.45, 7) is 18.9. The van der Waals surface area contributed by atoms with Crippen LogP contribution >= 0.6 is 0 Å². The van der Waals surface area contributed by atoms with Crippen molar-refractivity contribution < 1.29 is 82.2 Å². The van der Waals surface area contributed by atoms with Gasteiger partial charge < -0.3 is 33.9 Å². The molecule has 0 spiro atoms. The van der Waals surface area contributed by atoms with Gasteiger partial charge in [-0.05, 0) is 64.2 Å². The van der Waals surface area contributed by atoms with Crippen molar-refractivity contribution in [2.24, 2.45) is 17.6 Å². The van der Waals surface area contributed by atoms with Gasteiger partial charge in [-0.2, -0.15) is 0 Å². The summed E-state index contributed by atoms with van der Waals surface area (Å²) >= 11 is 0. The van der Waals surface area contributed by atoms with E-state index in [-0.39, 0.29) is 65.1 Å². The molecule has 0 heterocycles. The Morgan fingerprint density at radius 2 is 1.22 bits per heavy atom. The van der Waals surface area contributed by atoms with Crippen LogP contribution in [0.25, 0.3) is 0 Å². The molecule has 0 saturated heterocycles. The van der Waals surface area contributed by atoms with Crippen molar-refractivity contribution in [3.8, 4) is 0 Å². The summed E-state index contributed by atoms with van der Waals surface area (Å²) in [5.41, 5.74) is 5.50. The van der Waals surface area contributed by atoms with E-state index < -0.39 is 16.6 Å². The number of rotatable bonds is 18. The first-order valence-electron chi connectivity index (χ1n) is 12.5. The molecule has 0 saturated carbocycles. The molecule has 8 nitrogen and oxygen atoms in total. The van der Waals surface area contributed by atoms with Crippen LogP contribution in [0.15, 0.2) is 0 Å². The predicted octanol–water partition coefficient (Wildman–Crippen LogP) is -2.64. The second-order valence-corrected chi connectivity index (χ2v) is 19.5. The van der Waals surface area contributed by atoms with Gasteiger partial charge in [-0.25, -0.2) is 0 Å². The molecule has 0 aliphatic heterocycles. The smallest absolute Gasteiger partial charge is 0.463 e. The van der Waals surface area contributed by atoms with E-state index in [9.17, 15) is 4.79 Å². The SMILES string of the molecule is COCCOC(=O)CCN(C)CC(C)C[Si](C)(C)OC.CO[Si](C)(C)CC(C)CN(C)CCN.[Na+].[Na+]. The van der Waals surface area contributed by atoms with E-state index in [0.29, 0.717) is 31.5 Å². The summed E-state index contributed by atoms with van der Waals surface area (Å²) < 4.78 is 21.0. The topological polar surface area (TPSA) is 86.5 Å².